The molecule has 0 spiro atoms. The fourth-order valence-electron chi connectivity index (χ4n) is 0.893. The Balaban J connectivity index is -0.000000720. The monoisotopic (exact) mass is 261 g/mol. The maximum Gasteiger partial charge on any atom is 0.322 e. The van der Waals surface area contributed by atoms with E-state index >= 15 is 0 Å². The Morgan fingerprint density at radius 3 is 2.20 bits per heavy atom. The molecule has 0 rings (SSSR count). The van der Waals surface area contributed by atoms with Gasteiger partial charge in [0.25, 0.3) is 0 Å². The van der Waals surface area contributed by atoms with E-state index in [2.05, 4.69) is 0 Å². The molecule has 6 N–H and O–H groups in total. The van der Waals surface area contributed by atoms with E-state index in [0.29, 0.717) is 19.5 Å². The van der Waals surface area contributed by atoms with Crippen molar-refractivity contribution in [3.8, 4) is 0 Å². The number of carbonyl (C=O) groups excluding carboxylic acids is 1. The molecule has 94 valence electrons. The summed E-state index contributed by atoms with van der Waals surface area (Å²) in [4.78, 5) is 11.1. The van der Waals surface area contributed by atoms with E-state index in [-0.39, 0.29) is 37.4 Å². The van der Waals surface area contributed by atoms with Gasteiger partial charge < -0.3 is 21.9 Å². The Morgan fingerprint density at radius 2 is 1.73 bits per heavy atom. The Morgan fingerprint density at radius 1 is 1.13 bits per heavy atom. The fourth-order valence-corrected chi connectivity index (χ4v) is 0.893. The summed E-state index contributed by atoms with van der Waals surface area (Å²) >= 11 is 0. The molecule has 5 nitrogen and oxygen atoms in total. The summed E-state index contributed by atoms with van der Waals surface area (Å²) in [7, 11) is 0. The van der Waals surface area contributed by atoms with Gasteiger partial charge in [0.15, 0.2) is 0 Å². The van der Waals surface area contributed by atoms with Crippen molar-refractivity contribution in [3.63, 3.8) is 0 Å². The van der Waals surface area contributed by atoms with Crippen molar-refractivity contribution in [2.24, 2.45) is 17.2 Å². The van der Waals surface area contributed by atoms with Crippen molar-refractivity contribution in [3.05, 3.63) is 0 Å². The van der Waals surface area contributed by atoms with Gasteiger partial charge in [-0.1, -0.05) is 6.42 Å². The van der Waals surface area contributed by atoms with E-state index in [1.54, 1.807) is 0 Å². The first-order valence-electron chi connectivity index (χ1n) is 4.54. The summed E-state index contributed by atoms with van der Waals surface area (Å²) in [5.41, 5.74) is 16.0. The number of unbranched alkanes of at least 4 members (excludes halogenated alkanes) is 1. The van der Waals surface area contributed by atoms with Crippen LogP contribution in [0.5, 0.6) is 0 Å². The zero-order chi connectivity index (χ0) is 10.1. The van der Waals surface area contributed by atoms with Crippen LogP contribution in [-0.4, -0.2) is 31.7 Å². The predicted molar refractivity (Wildman–Crippen MR) is 65.4 cm³/mol. The van der Waals surface area contributed by atoms with E-state index < -0.39 is 6.04 Å². The first-order chi connectivity index (χ1) is 6.22. The van der Waals surface area contributed by atoms with Gasteiger partial charge in [0, 0.05) is 6.54 Å². The second kappa shape index (κ2) is 13.9. The number of halogens is 2. The molecule has 0 amide bonds. The molecule has 0 heterocycles. The summed E-state index contributed by atoms with van der Waals surface area (Å²) in [5, 5.41) is 0. The third-order valence-corrected chi connectivity index (χ3v) is 1.63. The van der Waals surface area contributed by atoms with Crippen LogP contribution in [0.2, 0.25) is 0 Å². The molecule has 0 radical (unpaired) electrons. The SMILES string of the molecule is Cl.Cl.NCCCC[C@H](N)C(=O)OCCN. The number of rotatable bonds is 7. The van der Waals surface area contributed by atoms with Gasteiger partial charge in [-0.05, 0) is 19.4 Å². The molecular weight excluding hydrogens is 241 g/mol. The minimum Gasteiger partial charge on any atom is -0.463 e. The molecule has 7 heteroatoms. The van der Waals surface area contributed by atoms with Crippen LogP contribution < -0.4 is 17.2 Å². The van der Waals surface area contributed by atoms with Gasteiger partial charge in [0.1, 0.15) is 12.6 Å². The van der Waals surface area contributed by atoms with E-state index in [9.17, 15) is 4.79 Å². The molecule has 0 aliphatic carbocycles. The van der Waals surface area contributed by atoms with E-state index in [1.165, 1.54) is 0 Å². The molecule has 15 heavy (non-hydrogen) atoms. The predicted octanol–water partition coefficient (Wildman–Crippen LogP) is -0.212. The first kappa shape index (κ1) is 20.4. The highest BCUT2D eigenvalue weighted by Crippen LogP contribution is 1.99. The lowest BCUT2D eigenvalue weighted by Gasteiger charge is -2.10. The van der Waals surface area contributed by atoms with Crippen molar-refractivity contribution < 1.29 is 9.53 Å². The lowest BCUT2D eigenvalue weighted by molar-refractivity contribution is -0.145. The third-order valence-electron chi connectivity index (χ3n) is 1.63. The van der Waals surface area contributed by atoms with Gasteiger partial charge in [0.2, 0.25) is 0 Å². The van der Waals surface area contributed by atoms with Crippen LogP contribution in [0.15, 0.2) is 0 Å². The zero-order valence-corrected chi connectivity index (χ0v) is 10.3. The van der Waals surface area contributed by atoms with Gasteiger partial charge in [-0.2, -0.15) is 0 Å². The second-order valence-corrected chi connectivity index (χ2v) is 2.85. The standard InChI is InChI=1S/C8H19N3O2.2ClH/c9-4-2-1-3-7(11)8(12)13-6-5-10;;/h7H,1-6,9-11H2;2*1H/t7-;;/m0../s1. The van der Waals surface area contributed by atoms with E-state index in [0.717, 1.165) is 12.8 Å². The molecule has 0 bridgehead atoms. The fraction of sp³-hybridized carbons (Fsp3) is 0.875. The number of ether oxygens (including phenoxy) is 1. The van der Waals surface area contributed by atoms with Crippen LogP contribution in [0, 0.1) is 0 Å². The highest BCUT2D eigenvalue weighted by molar-refractivity contribution is 5.85. The normalized spacial score (nSPS) is 10.9. The van der Waals surface area contributed by atoms with Gasteiger partial charge in [-0.3, -0.25) is 4.79 Å². The van der Waals surface area contributed by atoms with Crippen molar-refractivity contribution in [2.75, 3.05) is 19.7 Å². The quantitative estimate of drug-likeness (QED) is 0.435. The zero-order valence-electron chi connectivity index (χ0n) is 8.69. The van der Waals surface area contributed by atoms with Crippen LogP contribution >= 0.6 is 24.8 Å². The van der Waals surface area contributed by atoms with Crippen molar-refractivity contribution in [1.82, 2.24) is 0 Å². The molecule has 0 unspecified atom stereocenters. The molecule has 0 aromatic carbocycles. The maximum absolute atomic E-state index is 11.1. The third kappa shape index (κ3) is 11.9. The summed E-state index contributed by atoms with van der Waals surface area (Å²) in [6.45, 7) is 1.20. The lowest BCUT2D eigenvalue weighted by Crippen LogP contribution is -2.33. The van der Waals surface area contributed by atoms with Crippen LogP contribution in [0.3, 0.4) is 0 Å². The Kier molecular flexibility index (Phi) is 18.9. The highest BCUT2D eigenvalue weighted by Gasteiger charge is 2.13. The summed E-state index contributed by atoms with van der Waals surface area (Å²) in [6, 6.07) is -0.530. The molecule has 0 aromatic heterocycles. The molecule has 0 saturated heterocycles. The van der Waals surface area contributed by atoms with Crippen LogP contribution in [0.25, 0.3) is 0 Å². The van der Waals surface area contributed by atoms with Crippen LogP contribution in [0.1, 0.15) is 19.3 Å². The lowest BCUT2D eigenvalue weighted by atomic mass is 10.1. The number of hydrogen-bond donors (Lipinski definition) is 3. The molecule has 0 aromatic rings. The molecule has 0 aliphatic heterocycles. The van der Waals surface area contributed by atoms with Gasteiger partial charge in [-0.25, -0.2) is 0 Å². The topological polar surface area (TPSA) is 104 Å². The molecule has 1 atom stereocenters. The van der Waals surface area contributed by atoms with Gasteiger partial charge in [0.05, 0.1) is 0 Å². The Labute approximate surface area is 103 Å². The largest absolute Gasteiger partial charge is 0.463 e. The summed E-state index contributed by atoms with van der Waals surface area (Å²) in [5.74, 6) is -0.373. The molecule has 0 fully saturated rings. The maximum atomic E-state index is 11.1. The van der Waals surface area contributed by atoms with Crippen LogP contribution in [0.4, 0.5) is 0 Å². The van der Waals surface area contributed by atoms with Crippen molar-refractivity contribution in [1.29, 1.82) is 0 Å². The molecule has 0 saturated carbocycles. The van der Waals surface area contributed by atoms with Crippen molar-refractivity contribution >= 4 is 30.8 Å². The first-order valence-corrected chi connectivity index (χ1v) is 4.54. The summed E-state index contributed by atoms with van der Waals surface area (Å²) < 4.78 is 4.76. The smallest absolute Gasteiger partial charge is 0.322 e. The van der Waals surface area contributed by atoms with E-state index in [4.69, 9.17) is 21.9 Å². The number of nitrogens with two attached hydrogens (primary N) is 3. The Hall–Kier alpha value is -0.0700. The average molecular weight is 262 g/mol. The van der Waals surface area contributed by atoms with Gasteiger partial charge >= 0.3 is 5.97 Å². The minimum atomic E-state index is -0.530. The highest BCUT2D eigenvalue weighted by atomic mass is 35.5. The number of carbonyl (C=O) groups is 1. The number of hydrogen-bond acceptors (Lipinski definition) is 5. The van der Waals surface area contributed by atoms with Crippen molar-refractivity contribution in [2.45, 2.75) is 25.3 Å². The minimum absolute atomic E-state index is 0. The van der Waals surface area contributed by atoms with Gasteiger partial charge in [-0.15, -0.1) is 24.8 Å². The molecular formula is C8H21Cl2N3O2. The van der Waals surface area contributed by atoms with Crippen LogP contribution in [-0.2, 0) is 9.53 Å². The Bertz CT molecular complexity index is 150. The number of esters is 1. The second-order valence-electron chi connectivity index (χ2n) is 2.85. The van der Waals surface area contributed by atoms with E-state index in [1.807, 2.05) is 0 Å². The summed E-state index contributed by atoms with van der Waals surface area (Å²) in [6.07, 6.45) is 2.37. The molecule has 0 aliphatic rings. The average Bonchev–Trinajstić information content (AvgIpc) is 2.14.